The van der Waals surface area contributed by atoms with Gasteiger partial charge in [0.25, 0.3) is 0 Å². The molecule has 2 saturated carbocycles. The number of methoxy groups -OCH3 is 1. The number of carbonyl (C=O) groups excluding carboxylic acids is 1. The quantitative estimate of drug-likeness (QED) is 0.169. The van der Waals surface area contributed by atoms with Crippen LogP contribution in [0.3, 0.4) is 0 Å². The average Bonchev–Trinajstić information content (AvgIpc) is 3.84. The molecule has 7 rings (SSSR count). The lowest BCUT2D eigenvalue weighted by molar-refractivity contribution is -0.250. The van der Waals surface area contributed by atoms with Crippen molar-refractivity contribution in [1.82, 2.24) is 0 Å². The molecule has 2 aliphatic heterocycles. The van der Waals surface area contributed by atoms with E-state index in [9.17, 15) is 4.79 Å². The van der Waals surface area contributed by atoms with Crippen molar-refractivity contribution in [3.8, 4) is 0 Å². The summed E-state index contributed by atoms with van der Waals surface area (Å²) in [5.74, 6) is 0.914. The van der Waals surface area contributed by atoms with E-state index in [0.717, 1.165) is 41.6 Å². The van der Waals surface area contributed by atoms with Crippen molar-refractivity contribution < 1.29 is 29.1 Å². The number of hydrogen-bond acceptors (Lipinski definition) is 8. The first-order valence-corrected chi connectivity index (χ1v) is 20.6. The summed E-state index contributed by atoms with van der Waals surface area (Å²) in [5, 5.41) is 7.00. The fourth-order valence-electron chi connectivity index (χ4n) is 9.10. The summed E-state index contributed by atoms with van der Waals surface area (Å²) in [6, 6.07) is 21.2. The Balaban J connectivity index is 0.00000253. The number of carbonyl (C=O) groups is 1. The van der Waals surface area contributed by atoms with Gasteiger partial charge in [-0.25, -0.2) is 4.79 Å². The first kappa shape index (κ1) is 41.0. The van der Waals surface area contributed by atoms with E-state index in [1.807, 2.05) is 23.5 Å². The lowest BCUT2D eigenvalue weighted by atomic mass is 9.64. The Morgan fingerprint density at radius 1 is 0.764 bits per heavy atom. The SMILES string of the molecule is CO.COOC1=C(C(C)=C2C=C(c3ccccc3)SC(C(C)(C)C)=C2)C2(C)C(OC(=O)OC)C(C(C)=C3C=C(c4ccccc4)SC(C(C)(C)C)=C3)C13CC23. The fraction of sp³-hybridized carbons (Fsp3) is 0.426. The molecule has 5 aliphatic rings. The average molecular weight is 781 g/mol. The minimum absolute atomic E-state index is 0.0567. The van der Waals surface area contributed by atoms with Gasteiger partial charge in [-0.2, -0.15) is 4.89 Å². The summed E-state index contributed by atoms with van der Waals surface area (Å²) in [7, 11) is 3.98. The third kappa shape index (κ3) is 7.13. The summed E-state index contributed by atoms with van der Waals surface area (Å²) >= 11 is 3.67. The molecule has 5 unspecified atom stereocenters. The Bertz CT molecular complexity index is 2050. The molecule has 2 heterocycles. The van der Waals surface area contributed by atoms with E-state index in [4.69, 9.17) is 24.4 Å². The van der Waals surface area contributed by atoms with Crippen LogP contribution in [-0.2, 0) is 19.2 Å². The molecule has 292 valence electrons. The normalized spacial score (nSPS) is 28.8. The van der Waals surface area contributed by atoms with Gasteiger partial charge in [0.05, 0.1) is 14.2 Å². The third-order valence-corrected chi connectivity index (χ3v) is 14.9. The summed E-state index contributed by atoms with van der Waals surface area (Å²) in [5.41, 5.74) is 6.94. The molecule has 5 atom stereocenters. The molecule has 3 aliphatic carbocycles. The number of ether oxygens (including phenoxy) is 2. The van der Waals surface area contributed by atoms with Crippen LogP contribution in [0.25, 0.3) is 9.81 Å². The van der Waals surface area contributed by atoms with Crippen LogP contribution in [0.5, 0.6) is 0 Å². The Morgan fingerprint density at radius 3 is 1.73 bits per heavy atom. The maximum absolute atomic E-state index is 13.2. The predicted octanol–water partition coefficient (Wildman–Crippen LogP) is 12.3. The van der Waals surface area contributed by atoms with E-state index in [1.165, 1.54) is 43.4 Å². The second-order valence-corrected chi connectivity index (χ2v) is 19.4. The maximum Gasteiger partial charge on any atom is 0.508 e. The number of benzene rings is 2. The monoisotopic (exact) mass is 780 g/mol. The first-order valence-electron chi connectivity index (χ1n) is 19.0. The highest BCUT2D eigenvalue weighted by molar-refractivity contribution is 8.12. The zero-order valence-corrected chi connectivity index (χ0v) is 36.0. The molecule has 0 saturated heterocycles. The lowest BCUT2D eigenvalue weighted by Gasteiger charge is -2.44. The summed E-state index contributed by atoms with van der Waals surface area (Å²) in [6.45, 7) is 20.3. The first-order chi connectivity index (χ1) is 26.0. The molecule has 2 aromatic carbocycles. The summed E-state index contributed by atoms with van der Waals surface area (Å²) < 4.78 is 11.7. The molecule has 55 heavy (non-hydrogen) atoms. The van der Waals surface area contributed by atoms with Crippen molar-refractivity contribution in [3.63, 3.8) is 0 Å². The van der Waals surface area contributed by atoms with E-state index in [-0.39, 0.29) is 22.7 Å². The number of allylic oxidation sites excluding steroid dienone is 10. The van der Waals surface area contributed by atoms with E-state index in [1.54, 1.807) is 7.11 Å². The number of rotatable bonds is 7. The van der Waals surface area contributed by atoms with E-state index < -0.39 is 23.1 Å². The molecule has 0 spiro atoms. The van der Waals surface area contributed by atoms with Crippen LogP contribution in [0.15, 0.2) is 128 Å². The summed E-state index contributed by atoms with van der Waals surface area (Å²) in [4.78, 5) is 30.2. The molecule has 6 nitrogen and oxygen atoms in total. The van der Waals surface area contributed by atoms with Crippen LogP contribution in [0.2, 0.25) is 0 Å². The largest absolute Gasteiger partial charge is 0.508 e. The van der Waals surface area contributed by atoms with Gasteiger partial charge in [-0.15, -0.1) is 0 Å². The van der Waals surface area contributed by atoms with Gasteiger partial charge in [0.15, 0.2) is 5.76 Å². The smallest absolute Gasteiger partial charge is 0.438 e. The standard InChI is InChI=1S/C46H52O5S2.CH4O/c1-27(31-22-33(29-18-14-12-15-19-29)52-36(24-31)43(3,4)5)38-41(51-49-11)46-26-35(46)45(38,9)40(50-42(47)48-10)39(46)28(2)32-23-34(30-20-16-13-17-21-30)53-37(25-32)44(6,7)8;1-2/h12-25,35,39-40H,26H2,1-11H3;2H,1H3. The van der Waals surface area contributed by atoms with Gasteiger partial charge >= 0.3 is 6.16 Å². The van der Waals surface area contributed by atoms with Gasteiger partial charge in [0.2, 0.25) is 0 Å². The van der Waals surface area contributed by atoms with Crippen molar-refractivity contribution in [1.29, 1.82) is 0 Å². The van der Waals surface area contributed by atoms with E-state index >= 15 is 0 Å². The van der Waals surface area contributed by atoms with Crippen molar-refractivity contribution >= 4 is 39.5 Å². The topological polar surface area (TPSA) is 74.2 Å². The van der Waals surface area contributed by atoms with Crippen LogP contribution in [0.4, 0.5) is 4.79 Å². The molecule has 2 fully saturated rings. The third-order valence-electron chi connectivity index (χ3n) is 11.8. The lowest BCUT2D eigenvalue weighted by Crippen LogP contribution is -2.46. The molecule has 0 amide bonds. The minimum atomic E-state index is -0.665. The predicted molar refractivity (Wildman–Crippen MR) is 227 cm³/mol. The minimum Gasteiger partial charge on any atom is -0.438 e. The summed E-state index contributed by atoms with van der Waals surface area (Å²) in [6.07, 6.45) is 9.06. The highest BCUT2D eigenvalue weighted by atomic mass is 32.2. The second kappa shape index (κ2) is 15.3. The van der Waals surface area contributed by atoms with Crippen molar-refractivity contribution in [3.05, 3.63) is 140 Å². The molecule has 0 radical (unpaired) electrons. The van der Waals surface area contributed by atoms with Crippen molar-refractivity contribution in [2.45, 2.75) is 74.8 Å². The number of thioether (sulfide) groups is 2. The Hall–Kier alpha value is -3.69. The van der Waals surface area contributed by atoms with E-state index in [2.05, 4.69) is 147 Å². The van der Waals surface area contributed by atoms with Gasteiger partial charge in [0.1, 0.15) is 6.10 Å². The Labute approximate surface area is 336 Å². The fourth-order valence-corrected chi connectivity index (χ4v) is 11.4. The van der Waals surface area contributed by atoms with Crippen LogP contribution < -0.4 is 0 Å². The van der Waals surface area contributed by atoms with Crippen LogP contribution >= 0.6 is 23.5 Å². The Morgan fingerprint density at radius 2 is 1.25 bits per heavy atom. The maximum atomic E-state index is 13.2. The zero-order valence-electron chi connectivity index (χ0n) is 34.3. The molecule has 1 N–H and O–H groups in total. The number of hydrogen-bond donors (Lipinski definition) is 1. The van der Waals surface area contributed by atoms with Gasteiger partial charge in [-0.1, -0.05) is 138 Å². The van der Waals surface area contributed by atoms with Crippen molar-refractivity contribution in [2.24, 2.45) is 33.5 Å². The molecular formula is C47H56O6S2. The van der Waals surface area contributed by atoms with Gasteiger partial charge in [0, 0.05) is 39.2 Å². The molecular weight excluding hydrogens is 725 g/mol. The zero-order chi connectivity index (χ0) is 40.1. The highest BCUT2D eigenvalue weighted by Gasteiger charge is 2.85. The molecule has 0 aromatic heterocycles. The molecule has 8 heteroatoms. The highest BCUT2D eigenvalue weighted by Crippen LogP contribution is 2.86. The molecule has 2 bridgehead atoms. The van der Waals surface area contributed by atoms with Crippen molar-refractivity contribution in [2.75, 3.05) is 21.3 Å². The van der Waals surface area contributed by atoms with Crippen LogP contribution in [0, 0.1) is 33.5 Å². The second-order valence-electron chi connectivity index (χ2n) is 17.2. The number of aliphatic hydroxyl groups is 1. The van der Waals surface area contributed by atoms with Crippen LogP contribution in [-0.4, -0.2) is 38.7 Å². The van der Waals surface area contributed by atoms with Crippen LogP contribution in [0.1, 0.15) is 79.9 Å². The molecule has 2 aromatic rings. The Kier molecular flexibility index (Phi) is 11.4. The number of aliphatic hydroxyl groups excluding tert-OH is 1. The van der Waals surface area contributed by atoms with Gasteiger partial charge < -0.3 is 19.5 Å². The van der Waals surface area contributed by atoms with E-state index in [0.29, 0.717) is 0 Å². The van der Waals surface area contributed by atoms with Gasteiger partial charge in [-0.05, 0) is 99.0 Å². The van der Waals surface area contributed by atoms with Gasteiger partial charge in [-0.3, -0.25) is 0 Å².